The molecule has 142 valence electrons. The summed E-state index contributed by atoms with van der Waals surface area (Å²) < 4.78 is 26.7. The van der Waals surface area contributed by atoms with Gasteiger partial charge in [-0.1, -0.05) is 24.3 Å². The maximum Gasteiger partial charge on any atom is 0.273 e. The minimum absolute atomic E-state index is 0.118. The third-order valence-corrected chi connectivity index (χ3v) is 6.25. The van der Waals surface area contributed by atoms with Crippen LogP contribution in [-0.4, -0.2) is 36.6 Å². The Kier molecular flexibility index (Phi) is 5.52. The first kappa shape index (κ1) is 19.0. The largest absolute Gasteiger partial charge is 0.326 e. The Balaban J connectivity index is 1.75. The fourth-order valence-electron chi connectivity index (χ4n) is 3.03. The molecule has 0 radical (unpaired) electrons. The first-order valence-electron chi connectivity index (χ1n) is 8.50. The molecule has 1 aliphatic heterocycles. The van der Waals surface area contributed by atoms with Crippen LogP contribution in [-0.2, 0) is 21.2 Å². The fraction of sp³-hybridized carbons (Fsp3) is 0.278. The minimum Gasteiger partial charge on any atom is -0.326 e. The van der Waals surface area contributed by atoms with Crippen molar-refractivity contribution in [2.24, 2.45) is 0 Å². The molecule has 0 atom stereocenters. The van der Waals surface area contributed by atoms with Gasteiger partial charge < -0.3 is 5.32 Å². The number of nitrogens with zero attached hydrogens (tertiary/aromatic N) is 2. The molecule has 1 aliphatic rings. The van der Waals surface area contributed by atoms with Crippen LogP contribution in [0.4, 0.5) is 11.4 Å². The van der Waals surface area contributed by atoms with E-state index in [2.05, 4.69) is 5.32 Å². The van der Waals surface area contributed by atoms with Crippen LogP contribution in [0.2, 0.25) is 0 Å². The predicted octanol–water partition coefficient (Wildman–Crippen LogP) is 2.56. The molecule has 8 nitrogen and oxygen atoms in total. The average Bonchev–Trinajstić information content (AvgIpc) is 3.17. The second kappa shape index (κ2) is 7.85. The number of nitro groups is 1. The zero-order valence-corrected chi connectivity index (χ0v) is 15.3. The highest BCUT2D eigenvalue weighted by Gasteiger charge is 2.27. The van der Waals surface area contributed by atoms with E-state index >= 15 is 0 Å². The Bertz CT molecular complexity index is 968. The number of nitrogens with one attached hydrogen (secondary N) is 1. The Morgan fingerprint density at radius 1 is 1.11 bits per heavy atom. The number of carbonyl (C=O) groups is 1. The molecule has 0 saturated carbocycles. The van der Waals surface area contributed by atoms with Gasteiger partial charge in [-0.25, -0.2) is 8.42 Å². The standard InChI is InChI=1S/C18H19N3O5S/c22-18(12-14-6-1-2-9-17(14)21(23)24)19-15-7-5-8-16(13-15)27(25,26)20-10-3-4-11-20/h1-2,5-9,13H,3-4,10-12H2,(H,19,22). The van der Waals surface area contributed by atoms with Gasteiger partial charge in [-0.2, -0.15) is 4.31 Å². The molecule has 2 aromatic carbocycles. The van der Waals surface area contributed by atoms with E-state index in [-0.39, 0.29) is 17.0 Å². The Labute approximate surface area is 157 Å². The highest BCUT2D eigenvalue weighted by Crippen LogP contribution is 2.24. The molecule has 1 fully saturated rings. The van der Waals surface area contributed by atoms with Gasteiger partial charge in [0.15, 0.2) is 0 Å². The molecule has 0 spiro atoms. The normalized spacial score (nSPS) is 14.8. The Morgan fingerprint density at radius 2 is 1.81 bits per heavy atom. The van der Waals surface area contributed by atoms with Crippen LogP contribution in [0, 0.1) is 10.1 Å². The average molecular weight is 389 g/mol. The number of sulfonamides is 1. The van der Waals surface area contributed by atoms with Gasteiger partial charge in [-0.15, -0.1) is 0 Å². The summed E-state index contributed by atoms with van der Waals surface area (Å²) in [4.78, 5) is 22.9. The monoisotopic (exact) mass is 389 g/mol. The van der Waals surface area contributed by atoms with Crippen molar-refractivity contribution in [3.05, 3.63) is 64.2 Å². The Morgan fingerprint density at radius 3 is 2.52 bits per heavy atom. The number of para-hydroxylation sites is 1. The predicted molar refractivity (Wildman–Crippen MR) is 99.9 cm³/mol. The number of hydrogen-bond acceptors (Lipinski definition) is 5. The number of nitro benzene ring substituents is 1. The van der Waals surface area contributed by atoms with Crippen molar-refractivity contribution in [2.45, 2.75) is 24.2 Å². The first-order valence-corrected chi connectivity index (χ1v) is 9.94. The van der Waals surface area contributed by atoms with Crippen molar-refractivity contribution in [3.63, 3.8) is 0 Å². The minimum atomic E-state index is -3.58. The van der Waals surface area contributed by atoms with E-state index in [1.165, 1.54) is 34.6 Å². The zero-order valence-electron chi connectivity index (χ0n) is 14.5. The van der Waals surface area contributed by atoms with Gasteiger partial charge in [0.25, 0.3) is 5.69 Å². The van der Waals surface area contributed by atoms with Gasteiger partial charge in [0, 0.05) is 30.4 Å². The summed E-state index contributed by atoms with van der Waals surface area (Å²) in [5.74, 6) is -0.458. The number of rotatable bonds is 6. The molecule has 2 aromatic rings. The quantitative estimate of drug-likeness (QED) is 0.603. The van der Waals surface area contributed by atoms with Gasteiger partial charge in [0.2, 0.25) is 15.9 Å². The summed E-state index contributed by atoms with van der Waals surface area (Å²) >= 11 is 0. The molecule has 3 rings (SSSR count). The number of hydrogen-bond donors (Lipinski definition) is 1. The molecule has 0 aromatic heterocycles. The van der Waals surface area contributed by atoms with Crippen LogP contribution in [0.3, 0.4) is 0 Å². The maximum absolute atomic E-state index is 12.6. The van der Waals surface area contributed by atoms with Crippen LogP contribution in [0.15, 0.2) is 53.4 Å². The number of carbonyl (C=O) groups excluding carboxylic acids is 1. The lowest BCUT2D eigenvalue weighted by molar-refractivity contribution is -0.385. The van der Waals surface area contributed by atoms with Crippen molar-refractivity contribution in [1.29, 1.82) is 0 Å². The molecule has 1 heterocycles. The van der Waals surface area contributed by atoms with E-state index in [9.17, 15) is 23.3 Å². The third kappa shape index (κ3) is 4.32. The van der Waals surface area contributed by atoms with Crippen LogP contribution < -0.4 is 5.32 Å². The van der Waals surface area contributed by atoms with E-state index in [1.807, 2.05) is 0 Å². The van der Waals surface area contributed by atoms with Crippen molar-refractivity contribution in [3.8, 4) is 0 Å². The fourth-order valence-corrected chi connectivity index (χ4v) is 4.59. The van der Waals surface area contributed by atoms with E-state index in [1.54, 1.807) is 18.2 Å². The summed E-state index contributed by atoms with van der Waals surface area (Å²) in [5.41, 5.74) is 0.498. The van der Waals surface area contributed by atoms with E-state index in [0.717, 1.165) is 12.8 Å². The summed E-state index contributed by atoms with van der Waals surface area (Å²) in [6.07, 6.45) is 1.50. The van der Waals surface area contributed by atoms with E-state index in [4.69, 9.17) is 0 Å². The van der Waals surface area contributed by atoms with E-state index < -0.39 is 20.9 Å². The highest BCUT2D eigenvalue weighted by atomic mass is 32.2. The molecular weight excluding hydrogens is 370 g/mol. The van der Waals surface area contributed by atoms with Gasteiger partial charge in [-0.05, 0) is 31.0 Å². The molecule has 27 heavy (non-hydrogen) atoms. The van der Waals surface area contributed by atoms with Crippen LogP contribution >= 0.6 is 0 Å². The van der Waals surface area contributed by atoms with Crippen molar-refractivity contribution >= 4 is 27.3 Å². The molecule has 9 heteroatoms. The molecular formula is C18H19N3O5S. The zero-order chi connectivity index (χ0) is 19.4. The summed E-state index contributed by atoms with van der Waals surface area (Å²) in [7, 11) is -3.58. The summed E-state index contributed by atoms with van der Waals surface area (Å²) in [6.45, 7) is 0.993. The lowest BCUT2D eigenvalue weighted by Gasteiger charge is -2.16. The molecule has 0 bridgehead atoms. The lowest BCUT2D eigenvalue weighted by atomic mass is 10.1. The summed E-state index contributed by atoms with van der Waals surface area (Å²) in [5, 5.41) is 13.7. The first-order chi connectivity index (χ1) is 12.9. The molecule has 0 aliphatic carbocycles. The van der Waals surface area contributed by atoms with Gasteiger partial charge in [0.1, 0.15) is 0 Å². The van der Waals surface area contributed by atoms with Crippen molar-refractivity contribution < 1.29 is 18.1 Å². The topological polar surface area (TPSA) is 110 Å². The highest BCUT2D eigenvalue weighted by molar-refractivity contribution is 7.89. The van der Waals surface area contributed by atoms with Gasteiger partial charge in [0.05, 0.1) is 16.2 Å². The molecule has 1 saturated heterocycles. The lowest BCUT2D eigenvalue weighted by Crippen LogP contribution is -2.28. The smallest absolute Gasteiger partial charge is 0.273 e. The second-order valence-corrected chi connectivity index (χ2v) is 8.19. The third-order valence-electron chi connectivity index (χ3n) is 4.36. The van der Waals surface area contributed by atoms with E-state index in [0.29, 0.717) is 24.3 Å². The Hall–Kier alpha value is -2.78. The van der Waals surface area contributed by atoms with Crippen LogP contribution in [0.5, 0.6) is 0 Å². The van der Waals surface area contributed by atoms with Crippen LogP contribution in [0.25, 0.3) is 0 Å². The number of benzene rings is 2. The van der Waals surface area contributed by atoms with Crippen molar-refractivity contribution in [2.75, 3.05) is 18.4 Å². The van der Waals surface area contributed by atoms with Gasteiger partial charge >= 0.3 is 0 Å². The van der Waals surface area contributed by atoms with Crippen LogP contribution in [0.1, 0.15) is 18.4 Å². The maximum atomic E-state index is 12.6. The molecule has 1 amide bonds. The van der Waals surface area contributed by atoms with Gasteiger partial charge in [-0.3, -0.25) is 14.9 Å². The van der Waals surface area contributed by atoms with Crippen molar-refractivity contribution in [1.82, 2.24) is 4.31 Å². The molecule has 1 N–H and O–H groups in total. The molecule has 0 unspecified atom stereocenters. The number of anilines is 1. The summed E-state index contributed by atoms with van der Waals surface area (Å²) in [6, 6.07) is 12.1. The second-order valence-electron chi connectivity index (χ2n) is 6.25. The number of amides is 1. The SMILES string of the molecule is O=C(Cc1ccccc1[N+](=O)[O-])Nc1cccc(S(=O)(=O)N2CCCC2)c1.